The third-order valence-corrected chi connectivity index (χ3v) is 5.36. The van der Waals surface area contributed by atoms with Crippen LogP contribution in [-0.2, 0) is 19.1 Å². The Morgan fingerprint density at radius 1 is 0.893 bits per heavy atom. The smallest absolute Gasteiger partial charge is 0.169 e. The van der Waals surface area contributed by atoms with Crippen LogP contribution in [0.5, 0.6) is 0 Å². The number of ketones is 2. The molecule has 0 spiro atoms. The van der Waals surface area contributed by atoms with Gasteiger partial charge in [0.2, 0.25) is 0 Å². The zero-order valence-electron chi connectivity index (χ0n) is 20.2. The molecule has 0 heterocycles. The van der Waals surface area contributed by atoms with E-state index in [2.05, 4.69) is 6.58 Å². The number of hydrogen-bond donors (Lipinski definition) is 0. The van der Waals surface area contributed by atoms with Crippen molar-refractivity contribution in [2.45, 2.75) is 119 Å². The molecule has 0 aromatic heterocycles. The first kappa shape index (κ1) is 27.0. The molecule has 4 nitrogen and oxygen atoms in total. The number of carbonyl (C=O) groups is 2. The maximum absolute atomic E-state index is 13.2. The lowest BCUT2D eigenvalue weighted by molar-refractivity contribution is -0.181. The molecule has 0 radical (unpaired) electrons. The van der Waals surface area contributed by atoms with Crippen LogP contribution in [0.3, 0.4) is 0 Å². The van der Waals surface area contributed by atoms with Crippen LogP contribution in [0, 0.1) is 10.8 Å². The van der Waals surface area contributed by atoms with Gasteiger partial charge in [-0.2, -0.15) is 0 Å². The highest BCUT2D eigenvalue weighted by atomic mass is 16.5. The van der Waals surface area contributed by atoms with Gasteiger partial charge in [-0.1, -0.05) is 40.7 Å². The lowest BCUT2D eigenvalue weighted by Crippen LogP contribution is -2.54. The molecule has 0 bridgehead atoms. The minimum absolute atomic E-state index is 0.0273. The third-order valence-electron chi connectivity index (χ3n) is 5.36. The summed E-state index contributed by atoms with van der Waals surface area (Å²) in [5.41, 5.74) is -2.58. The number of allylic oxidation sites excluding steroid dienone is 1. The maximum atomic E-state index is 13.2. The summed E-state index contributed by atoms with van der Waals surface area (Å²) in [4.78, 5) is 26.2. The third kappa shape index (κ3) is 7.79. The van der Waals surface area contributed by atoms with Gasteiger partial charge >= 0.3 is 0 Å². The zero-order valence-corrected chi connectivity index (χ0v) is 20.2. The molecule has 4 heteroatoms. The fraction of sp³-hybridized carbons (Fsp3) is 0.833. The van der Waals surface area contributed by atoms with Crippen LogP contribution in [0.15, 0.2) is 12.7 Å². The molecule has 2 atom stereocenters. The second-order valence-electron chi connectivity index (χ2n) is 10.8. The lowest BCUT2D eigenvalue weighted by atomic mass is 9.71. The van der Waals surface area contributed by atoms with Crippen molar-refractivity contribution in [2.75, 3.05) is 0 Å². The van der Waals surface area contributed by atoms with Gasteiger partial charge in [0.25, 0.3) is 0 Å². The van der Waals surface area contributed by atoms with Crippen LogP contribution in [-0.4, -0.2) is 35.0 Å². The van der Waals surface area contributed by atoms with Gasteiger partial charge in [0.05, 0.1) is 16.6 Å². The molecule has 0 fully saturated rings. The Morgan fingerprint density at radius 3 is 1.79 bits per heavy atom. The predicted octanol–water partition coefficient (Wildman–Crippen LogP) is 5.92. The van der Waals surface area contributed by atoms with Crippen molar-refractivity contribution in [1.29, 1.82) is 0 Å². The van der Waals surface area contributed by atoms with Gasteiger partial charge in [-0.25, -0.2) is 0 Å². The molecular weight excluding hydrogens is 352 g/mol. The number of rotatable bonds is 11. The van der Waals surface area contributed by atoms with Gasteiger partial charge in [0, 0.05) is 5.41 Å². The molecule has 0 saturated heterocycles. The first-order valence-corrected chi connectivity index (χ1v) is 10.4. The topological polar surface area (TPSA) is 52.6 Å². The largest absolute Gasteiger partial charge is 0.365 e. The Labute approximate surface area is 173 Å². The minimum atomic E-state index is -0.834. The molecular formula is C24H44O4. The van der Waals surface area contributed by atoms with Gasteiger partial charge in [-0.05, 0) is 60.8 Å². The van der Waals surface area contributed by atoms with E-state index in [-0.39, 0.29) is 11.6 Å². The zero-order chi connectivity index (χ0) is 22.6. The summed E-state index contributed by atoms with van der Waals surface area (Å²) in [7, 11) is 0. The summed E-state index contributed by atoms with van der Waals surface area (Å²) in [6.07, 6.45) is 3.00. The fourth-order valence-corrected chi connectivity index (χ4v) is 3.07. The van der Waals surface area contributed by atoms with Crippen LogP contribution >= 0.6 is 0 Å². The van der Waals surface area contributed by atoms with Crippen molar-refractivity contribution in [3.63, 3.8) is 0 Å². The van der Waals surface area contributed by atoms with E-state index in [1.165, 1.54) is 0 Å². The standard InChI is InChI=1S/C24H44O4/c1-13-14-15-16-18(20(26)21(3,4)5)28-24(11,12)23(9,10)19(25)17(2)27-22(6,7)8/h13,17-18H,1,14-16H2,2-12H3. The van der Waals surface area contributed by atoms with Gasteiger partial charge in [0.15, 0.2) is 11.6 Å². The summed E-state index contributed by atoms with van der Waals surface area (Å²) in [5, 5.41) is 0. The highest BCUT2D eigenvalue weighted by Crippen LogP contribution is 2.39. The van der Waals surface area contributed by atoms with Crippen molar-refractivity contribution in [3.8, 4) is 0 Å². The molecule has 0 N–H and O–H groups in total. The quantitative estimate of drug-likeness (QED) is 0.321. The van der Waals surface area contributed by atoms with Crippen LogP contribution < -0.4 is 0 Å². The minimum Gasteiger partial charge on any atom is -0.365 e. The van der Waals surface area contributed by atoms with E-state index in [0.717, 1.165) is 12.8 Å². The summed E-state index contributed by atoms with van der Waals surface area (Å²) >= 11 is 0. The molecule has 2 unspecified atom stereocenters. The second kappa shape index (κ2) is 9.67. The van der Waals surface area contributed by atoms with Crippen LogP contribution in [0.2, 0.25) is 0 Å². The molecule has 0 aliphatic carbocycles. The van der Waals surface area contributed by atoms with Gasteiger partial charge < -0.3 is 9.47 Å². The van der Waals surface area contributed by atoms with E-state index in [0.29, 0.717) is 6.42 Å². The Balaban J connectivity index is 5.60. The molecule has 0 aromatic carbocycles. The number of unbranched alkanes of at least 4 members (excludes halogenated alkanes) is 1. The van der Waals surface area contributed by atoms with Crippen LogP contribution in [0.1, 0.15) is 95.4 Å². The lowest BCUT2D eigenvalue weighted by Gasteiger charge is -2.44. The van der Waals surface area contributed by atoms with Crippen molar-refractivity contribution < 1.29 is 19.1 Å². The van der Waals surface area contributed by atoms with Crippen molar-refractivity contribution in [1.82, 2.24) is 0 Å². The average Bonchev–Trinajstić information content (AvgIpc) is 2.49. The molecule has 0 rings (SSSR count). The number of hydrogen-bond acceptors (Lipinski definition) is 4. The van der Waals surface area contributed by atoms with Gasteiger partial charge in [0.1, 0.15) is 12.2 Å². The Hall–Kier alpha value is -1.00. The molecule has 0 amide bonds. The molecule has 0 saturated carbocycles. The first-order chi connectivity index (χ1) is 12.4. The maximum Gasteiger partial charge on any atom is 0.169 e. The summed E-state index contributed by atoms with van der Waals surface area (Å²) in [6, 6.07) is 0. The number of ether oxygens (including phenoxy) is 2. The van der Waals surface area contributed by atoms with E-state index >= 15 is 0 Å². The summed E-state index contributed by atoms with van der Waals surface area (Å²) in [5.74, 6) is 0.0346. The summed E-state index contributed by atoms with van der Waals surface area (Å²) in [6.45, 7) is 24.6. The van der Waals surface area contributed by atoms with E-state index < -0.39 is 34.2 Å². The molecule has 0 aromatic rings. The highest BCUT2D eigenvalue weighted by Gasteiger charge is 2.48. The number of Topliss-reactive ketones (excluding diaryl/α,β-unsaturated/α-hetero) is 2. The normalized spacial score (nSPS) is 15.8. The van der Waals surface area contributed by atoms with Crippen LogP contribution in [0.25, 0.3) is 0 Å². The molecule has 28 heavy (non-hydrogen) atoms. The Bertz CT molecular complexity index is 544. The molecule has 164 valence electrons. The average molecular weight is 397 g/mol. The monoisotopic (exact) mass is 396 g/mol. The van der Waals surface area contributed by atoms with Crippen LogP contribution in [0.4, 0.5) is 0 Å². The van der Waals surface area contributed by atoms with Crippen molar-refractivity contribution in [3.05, 3.63) is 12.7 Å². The van der Waals surface area contributed by atoms with Gasteiger partial charge in [-0.3, -0.25) is 9.59 Å². The Kier molecular flexibility index (Phi) is 9.32. The summed E-state index contributed by atoms with van der Waals surface area (Å²) < 4.78 is 12.3. The van der Waals surface area contributed by atoms with E-state index in [4.69, 9.17) is 9.47 Å². The van der Waals surface area contributed by atoms with Gasteiger partial charge in [-0.15, -0.1) is 6.58 Å². The molecule has 0 aliphatic heterocycles. The highest BCUT2D eigenvalue weighted by molar-refractivity contribution is 5.90. The van der Waals surface area contributed by atoms with E-state index in [1.54, 1.807) is 6.92 Å². The van der Waals surface area contributed by atoms with Crippen molar-refractivity contribution >= 4 is 11.6 Å². The SMILES string of the molecule is C=CCCCC(OC(C)(C)C(C)(C)C(=O)C(C)OC(C)(C)C)C(=O)C(C)(C)C. The first-order valence-electron chi connectivity index (χ1n) is 10.4. The van der Waals surface area contributed by atoms with E-state index in [9.17, 15) is 9.59 Å². The second-order valence-corrected chi connectivity index (χ2v) is 10.8. The number of carbonyl (C=O) groups excluding carboxylic acids is 2. The Morgan fingerprint density at radius 2 is 1.39 bits per heavy atom. The van der Waals surface area contributed by atoms with Crippen molar-refractivity contribution in [2.24, 2.45) is 10.8 Å². The fourth-order valence-electron chi connectivity index (χ4n) is 3.07. The predicted molar refractivity (Wildman–Crippen MR) is 117 cm³/mol. The molecule has 0 aliphatic rings. The van der Waals surface area contributed by atoms with E-state index in [1.807, 2.05) is 75.3 Å².